The van der Waals surface area contributed by atoms with E-state index in [0.29, 0.717) is 11.6 Å². The van der Waals surface area contributed by atoms with Crippen LogP contribution in [-0.4, -0.2) is 31.7 Å². The number of nitrogens with one attached hydrogen (secondary N) is 1. The molecule has 1 aromatic rings. The lowest BCUT2D eigenvalue weighted by Crippen LogP contribution is -2.34. The second-order valence-electron chi connectivity index (χ2n) is 4.97. The summed E-state index contributed by atoms with van der Waals surface area (Å²) in [6.45, 7) is 2.76. The molecule has 3 nitrogen and oxygen atoms in total. The Bertz CT molecular complexity index is 414. The Hall–Kier alpha value is -1.30. The van der Waals surface area contributed by atoms with Crippen LogP contribution in [0.15, 0.2) is 18.3 Å². The van der Waals surface area contributed by atoms with E-state index in [1.165, 1.54) is 6.20 Å². The summed E-state index contributed by atoms with van der Waals surface area (Å²) in [6, 6.07) is 2.73. The van der Waals surface area contributed by atoms with Gasteiger partial charge in [0.1, 0.15) is 5.69 Å². The van der Waals surface area contributed by atoms with Crippen molar-refractivity contribution in [1.29, 1.82) is 0 Å². The van der Waals surface area contributed by atoms with Crippen molar-refractivity contribution in [3.63, 3.8) is 0 Å². The average molecular weight is 273 g/mol. The fraction of sp³-hybridized carbons (Fsp3) is 0.615. The third-order valence-corrected chi connectivity index (χ3v) is 3.47. The van der Waals surface area contributed by atoms with E-state index in [4.69, 9.17) is 0 Å². The van der Waals surface area contributed by atoms with E-state index in [2.05, 4.69) is 10.3 Å². The molecule has 2 rings (SSSR count). The van der Waals surface area contributed by atoms with Crippen LogP contribution in [0.1, 0.15) is 18.5 Å². The molecule has 0 amide bonds. The normalized spacial score (nSPS) is 17.5. The van der Waals surface area contributed by atoms with Gasteiger partial charge in [0.05, 0.1) is 0 Å². The Balaban J connectivity index is 2.04. The number of nitrogens with zero attached hydrogens (tertiary/aromatic N) is 2. The molecule has 0 atom stereocenters. The first-order chi connectivity index (χ1) is 8.97. The summed E-state index contributed by atoms with van der Waals surface area (Å²) in [4.78, 5) is 5.26. The molecule has 1 saturated heterocycles. The zero-order valence-corrected chi connectivity index (χ0v) is 10.9. The van der Waals surface area contributed by atoms with Crippen molar-refractivity contribution in [2.75, 3.05) is 31.6 Å². The standard InChI is InChI=1S/C13H18F3N3/c1-19(9-10-2-5-17-6-3-10)11-4-7-18-12(8-11)13(14,15)16/h4,7-8,10,17H,2-3,5-6,9H2,1H3. The molecule has 0 unspecified atom stereocenters. The van der Waals surface area contributed by atoms with Crippen LogP contribution in [-0.2, 0) is 6.18 Å². The number of hydrogen-bond acceptors (Lipinski definition) is 3. The average Bonchev–Trinajstić information content (AvgIpc) is 2.39. The van der Waals surface area contributed by atoms with Crippen LogP contribution in [0.2, 0.25) is 0 Å². The zero-order chi connectivity index (χ0) is 13.9. The van der Waals surface area contributed by atoms with E-state index in [-0.39, 0.29) is 0 Å². The molecular formula is C13H18F3N3. The summed E-state index contributed by atoms with van der Waals surface area (Å²) in [7, 11) is 1.83. The predicted molar refractivity (Wildman–Crippen MR) is 68.1 cm³/mol. The van der Waals surface area contributed by atoms with Crippen LogP contribution in [0.25, 0.3) is 0 Å². The number of anilines is 1. The van der Waals surface area contributed by atoms with Gasteiger partial charge in [-0.1, -0.05) is 0 Å². The van der Waals surface area contributed by atoms with Gasteiger partial charge < -0.3 is 10.2 Å². The maximum atomic E-state index is 12.6. The summed E-state index contributed by atoms with van der Waals surface area (Å²) in [6.07, 6.45) is -1.02. The predicted octanol–water partition coefficient (Wildman–Crippen LogP) is 2.54. The first-order valence-corrected chi connectivity index (χ1v) is 6.42. The van der Waals surface area contributed by atoms with Crippen molar-refractivity contribution in [3.05, 3.63) is 24.0 Å². The van der Waals surface area contributed by atoms with E-state index in [0.717, 1.165) is 38.5 Å². The first kappa shape index (κ1) is 14.1. The fourth-order valence-corrected chi connectivity index (χ4v) is 2.37. The van der Waals surface area contributed by atoms with Gasteiger partial charge in [-0.25, -0.2) is 0 Å². The SMILES string of the molecule is CN(CC1CCNCC1)c1ccnc(C(F)(F)F)c1. The smallest absolute Gasteiger partial charge is 0.374 e. The highest BCUT2D eigenvalue weighted by atomic mass is 19.4. The molecule has 0 aliphatic carbocycles. The molecule has 0 radical (unpaired) electrons. The monoisotopic (exact) mass is 273 g/mol. The quantitative estimate of drug-likeness (QED) is 0.917. The fourth-order valence-electron chi connectivity index (χ4n) is 2.37. The summed E-state index contributed by atoms with van der Waals surface area (Å²) < 4.78 is 37.8. The van der Waals surface area contributed by atoms with Gasteiger partial charge in [0.25, 0.3) is 0 Å². The second-order valence-corrected chi connectivity index (χ2v) is 4.97. The molecular weight excluding hydrogens is 255 g/mol. The van der Waals surface area contributed by atoms with Gasteiger partial charge in [0, 0.05) is 25.5 Å². The maximum Gasteiger partial charge on any atom is 0.433 e. The van der Waals surface area contributed by atoms with Crippen LogP contribution in [0, 0.1) is 5.92 Å². The third kappa shape index (κ3) is 3.83. The number of alkyl halides is 3. The van der Waals surface area contributed by atoms with Crippen LogP contribution in [0.4, 0.5) is 18.9 Å². The molecule has 1 aliphatic rings. The summed E-state index contributed by atoms with van der Waals surface area (Å²) in [5.41, 5.74) is -0.261. The van der Waals surface area contributed by atoms with Crippen molar-refractivity contribution in [2.24, 2.45) is 5.92 Å². The van der Waals surface area contributed by atoms with E-state index in [1.807, 2.05) is 11.9 Å². The van der Waals surface area contributed by atoms with E-state index < -0.39 is 11.9 Å². The van der Waals surface area contributed by atoms with Gasteiger partial charge in [-0.05, 0) is 44.0 Å². The zero-order valence-electron chi connectivity index (χ0n) is 10.9. The molecule has 106 valence electrons. The number of aromatic nitrogens is 1. The van der Waals surface area contributed by atoms with Gasteiger partial charge in [-0.3, -0.25) is 4.98 Å². The highest BCUT2D eigenvalue weighted by molar-refractivity contribution is 5.46. The molecule has 0 aromatic carbocycles. The van der Waals surface area contributed by atoms with Gasteiger partial charge in [-0.2, -0.15) is 13.2 Å². The molecule has 19 heavy (non-hydrogen) atoms. The summed E-state index contributed by atoms with van der Waals surface area (Å²) in [5, 5.41) is 3.28. The van der Waals surface area contributed by atoms with Gasteiger partial charge in [0.2, 0.25) is 0 Å². The molecule has 0 spiro atoms. The van der Waals surface area contributed by atoms with Crippen LogP contribution < -0.4 is 10.2 Å². The molecule has 1 N–H and O–H groups in total. The molecule has 1 fully saturated rings. The number of hydrogen-bond donors (Lipinski definition) is 1. The van der Waals surface area contributed by atoms with E-state index in [1.54, 1.807) is 6.07 Å². The van der Waals surface area contributed by atoms with Crippen molar-refractivity contribution in [3.8, 4) is 0 Å². The number of pyridine rings is 1. The third-order valence-electron chi connectivity index (χ3n) is 3.47. The lowest BCUT2D eigenvalue weighted by Gasteiger charge is -2.29. The van der Waals surface area contributed by atoms with E-state index in [9.17, 15) is 13.2 Å². The Morgan fingerprint density at radius 3 is 2.68 bits per heavy atom. The molecule has 1 aromatic heterocycles. The largest absolute Gasteiger partial charge is 0.433 e. The van der Waals surface area contributed by atoms with Crippen LogP contribution in [0.3, 0.4) is 0 Å². The number of piperidine rings is 1. The molecule has 1 aliphatic heterocycles. The lowest BCUT2D eigenvalue weighted by atomic mass is 9.97. The van der Waals surface area contributed by atoms with Crippen molar-refractivity contribution in [1.82, 2.24) is 10.3 Å². The minimum absolute atomic E-state index is 0.536. The van der Waals surface area contributed by atoms with E-state index >= 15 is 0 Å². The van der Waals surface area contributed by atoms with Crippen LogP contribution >= 0.6 is 0 Å². The summed E-state index contributed by atoms with van der Waals surface area (Å²) >= 11 is 0. The van der Waals surface area contributed by atoms with Crippen molar-refractivity contribution in [2.45, 2.75) is 19.0 Å². The number of rotatable bonds is 3. The Kier molecular flexibility index (Phi) is 4.29. The summed E-state index contributed by atoms with van der Waals surface area (Å²) in [5.74, 6) is 0.536. The highest BCUT2D eigenvalue weighted by Gasteiger charge is 2.32. The second kappa shape index (κ2) is 5.77. The minimum atomic E-state index is -4.38. The van der Waals surface area contributed by atoms with Crippen molar-refractivity contribution < 1.29 is 13.2 Å². The Labute approximate surface area is 110 Å². The molecule has 0 bridgehead atoms. The van der Waals surface area contributed by atoms with Crippen LogP contribution in [0.5, 0.6) is 0 Å². The Morgan fingerprint density at radius 1 is 1.37 bits per heavy atom. The number of halogens is 3. The molecule has 2 heterocycles. The van der Waals surface area contributed by atoms with Gasteiger partial charge in [-0.15, -0.1) is 0 Å². The Morgan fingerprint density at radius 2 is 2.05 bits per heavy atom. The minimum Gasteiger partial charge on any atom is -0.374 e. The lowest BCUT2D eigenvalue weighted by molar-refractivity contribution is -0.141. The highest BCUT2D eigenvalue weighted by Crippen LogP contribution is 2.30. The maximum absolute atomic E-state index is 12.6. The molecule has 0 saturated carbocycles. The first-order valence-electron chi connectivity index (χ1n) is 6.42. The topological polar surface area (TPSA) is 28.2 Å². The van der Waals surface area contributed by atoms with Gasteiger partial charge in [0.15, 0.2) is 0 Å². The molecule has 6 heteroatoms. The van der Waals surface area contributed by atoms with Crippen molar-refractivity contribution >= 4 is 5.69 Å². The van der Waals surface area contributed by atoms with Gasteiger partial charge >= 0.3 is 6.18 Å².